The topological polar surface area (TPSA) is 89.5 Å². The maximum atomic E-state index is 12.8. The van der Waals surface area contributed by atoms with E-state index in [-0.39, 0.29) is 29.6 Å². The molecule has 0 spiro atoms. The Kier molecular flexibility index (Phi) is 5.10. The maximum absolute atomic E-state index is 12.8. The molecular formula is C25H18O8. The molecule has 2 heterocycles. The Bertz CT molecular complexity index is 1290. The van der Waals surface area contributed by atoms with Crippen LogP contribution in [0.3, 0.4) is 0 Å². The van der Waals surface area contributed by atoms with Crippen molar-refractivity contribution < 1.29 is 38.0 Å². The Labute approximate surface area is 188 Å². The molecule has 0 aliphatic carbocycles. The fourth-order valence-corrected chi connectivity index (χ4v) is 3.60. The maximum Gasteiger partial charge on any atom is 0.351 e. The number of hydrogen-bond acceptors (Lipinski definition) is 8. The molecule has 0 saturated heterocycles. The number of ether oxygens (including phenoxy) is 6. The molecule has 33 heavy (non-hydrogen) atoms. The summed E-state index contributed by atoms with van der Waals surface area (Å²) in [6.07, 6.45) is 1.62. The van der Waals surface area contributed by atoms with E-state index in [0.29, 0.717) is 34.3 Å². The fourth-order valence-electron chi connectivity index (χ4n) is 3.60. The van der Waals surface area contributed by atoms with E-state index in [9.17, 15) is 9.59 Å². The molecule has 3 aromatic carbocycles. The molecule has 0 amide bonds. The summed E-state index contributed by atoms with van der Waals surface area (Å²) in [5.74, 6) is 1.62. The molecule has 2 aliphatic rings. The van der Waals surface area contributed by atoms with Crippen molar-refractivity contribution in [3.63, 3.8) is 0 Å². The van der Waals surface area contributed by atoms with Crippen molar-refractivity contribution in [2.75, 3.05) is 21.0 Å². The van der Waals surface area contributed by atoms with Gasteiger partial charge in [-0.3, -0.25) is 4.79 Å². The van der Waals surface area contributed by atoms with Gasteiger partial charge in [-0.1, -0.05) is 12.1 Å². The largest absolute Gasteiger partial charge is 0.496 e. The molecule has 0 N–H and O–H groups in total. The smallest absolute Gasteiger partial charge is 0.351 e. The Morgan fingerprint density at radius 2 is 1.67 bits per heavy atom. The highest BCUT2D eigenvalue weighted by Gasteiger charge is 2.29. The van der Waals surface area contributed by atoms with Gasteiger partial charge in [0.1, 0.15) is 28.6 Å². The number of esters is 1. The minimum absolute atomic E-state index is 0.152. The zero-order valence-electron chi connectivity index (χ0n) is 17.7. The average molecular weight is 446 g/mol. The lowest BCUT2D eigenvalue weighted by molar-refractivity contribution is 0.0727. The van der Waals surface area contributed by atoms with Crippen LogP contribution in [0.1, 0.15) is 26.3 Å². The Morgan fingerprint density at radius 1 is 0.909 bits per heavy atom. The van der Waals surface area contributed by atoms with Gasteiger partial charge >= 0.3 is 5.97 Å². The van der Waals surface area contributed by atoms with E-state index in [4.69, 9.17) is 28.4 Å². The lowest BCUT2D eigenvalue weighted by Gasteiger charge is -2.12. The second kappa shape index (κ2) is 8.23. The van der Waals surface area contributed by atoms with Crippen LogP contribution in [0.25, 0.3) is 6.08 Å². The van der Waals surface area contributed by atoms with Crippen molar-refractivity contribution in [3.05, 3.63) is 77.0 Å². The van der Waals surface area contributed by atoms with Crippen LogP contribution in [0, 0.1) is 0 Å². The average Bonchev–Trinajstić information content (AvgIpc) is 3.42. The molecule has 2 aliphatic heterocycles. The van der Waals surface area contributed by atoms with Gasteiger partial charge in [0.2, 0.25) is 12.6 Å². The fraction of sp³-hybridized carbons (Fsp3) is 0.120. The van der Waals surface area contributed by atoms with E-state index in [2.05, 4.69) is 0 Å². The van der Waals surface area contributed by atoms with Gasteiger partial charge in [-0.15, -0.1) is 0 Å². The van der Waals surface area contributed by atoms with Crippen molar-refractivity contribution in [1.29, 1.82) is 0 Å². The number of rotatable bonds is 5. The van der Waals surface area contributed by atoms with Gasteiger partial charge in [0.05, 0.1) is 19.8 Å². The van der Waals surface area contributed by atoms with Crippen LogP contribution in [-0.2, 0) is 0 Å². The molecular weight excluding hydrogens is 428 g/mol. The van der Waals surface area contributed by atoms with Crippen LogP contribution in [0.2, 0.25) is 0 Å². The van der Waals surface area contributed by atoms with E-state index < -0.39 is 5.97 Å². The summed E-state index contributed by atoms with van der Waals surface area (Å²) in [5.41, 5.74) is 1.25. The van der Waals surface area contributed by atoms with Gasteiger partial charge in [0, 0.05) is 6.07 Å². The zero-order chi connectivity index (χ0) is 22.9. The molecule has 8 nitrogen and oxygen atoms in total. The highest BCUT2D eigenvalue weighted by Crippen LogP contribution is 2.37. The molecule has 0 radical (unpaired) electrons. The van der Waals surface area contributed by atoms with Crippen molar-refractivity contribution in [2.45, 2.75) is 0 Å². The molecule has 3 aromatic rings. The predicted molar refractivity (Wildman–Crippen MR) is 116 cm³/mol. The van der Waals surface area contributed by atoms with Crippen LogP contribution < -0.4 is 28.4 Å². The van der Waals surface area contributed by atoms with Gasteiger partial charge in [-0.25, -0.2) is 4.79 Å². The third-order valence-corrected chi connectivity index (χ3v) is 5.18. The van der Waals surface area contributed by atoms with Crippen LogP contribution >= 0.6 is 0 Å². The summed E-state index contributed by atoms with van der Waals surface area (Å²) in [4.78, 5) is 25.6. The number of fused-ring (bicyclic) bond motifs is 2. The van der Waals surface area contributed by atoms with Crippen LogP contribution in [0.4, 0.5) is 0 Å². The molecule has 0 fully saturated rings. The summed E-state index contributed by atoms with van der Waals surface area (Å²) in [5, 5.41) is 0. The molecule has 0 aromatic heterocycles. The lowest BCUT2D eigenvalue weighted by atomic mass is 10.1. The number of methoxy groups -OCH3 is 2. The highest BCUT2D eigenvalue weighted by molar-refractivity contribution is 6.14. The normalized spacial score (nSPS) is 14.6. The molecule has 8 heteroatoms. The third kappa shape index (κ3) is 3.71. The minimum atomic E-state index is -0.662. The van der Waals surface area contributed by atoms with Crippen LogP contribution in [0.15, 0.2) is 60.4 Å². The molecule has 5 rings (SSSR count). The lowest BCUT2D eigenvalue weighted by Crippen LogP contribution is -2.12. The summed E-state index contributed by atoms with van der Waals surface area (Å²) >= 11 is 0. The first-order chi connectivity index (χ1) is 16.1. The van der Waals surface area contributed by atoms with Crippen molar-refractivity contribution in [1.82, 2.24) is 0 Å². The standard InChI is InChI=1S/C25H18O8/c1-28-18-4-3-5-19(29-2)23(18)25(27)32-15-7-8-16-20(12-15)33-22(24(16)26)11-14-6-9-17-21(10-14)31-13-30-17/h3-12H,13H2,1-2H3/b22-11-. The number of carbonyl (C=O) groups is 2. The second-order valence-corrected chi connectivity index (χ2v) is 7.14. The van der Waals surface area contributed by atoms with Crippen molar-refractivity contribution in [2.24, 2.45) is 0 Å². The zero-order valence-corrected chi connectivity index (χ0v) is 17.7. The summed E-state index contributed by atoms with van der Waals surface area (Å²) in [7, 11) is 2.91. The Morgan fingerprint density at radius 3 is 2.42 bits per heavy atom. The van der Waals surface area contributed by atoms with E-state index in [1.54, 1.807) is 48.5 Å². The number of Topliss-reactive ketones (excluding diaryl/α,β-unsaturated/α-hetero) is 1. The van der Waals surface area contributed by atoms with Crippen LogP contribution in [0.5, 0.6) is 34.5 Å². The molecule has 0 bridgehead atoms. The summed E-state index contributed by atoms with van der Waals surface area (Å²) < 4.78 is 32.5. The van der Waals surface area contributed by atoms with Gasteiger partial charge in [-0.2, -0.15) is 0 Å². The monoisotopic (exact) mass is 446 g/mol. The van der Waals surface area contributed by atoms with Crippen molar-refractivity contribution >= 4 is 17.8 Å². The van der Waals surface area contributed by atoms with Gasteiger partial charge < -0.3 is 28.4 Å². The van der Waals surface area contributed by atoms with E-state index in [1.807, 2.05) is 0 Å². The first kappa shape index (κ1) is 20.4. The first-order valence-corrected chi connectivity index (χ1v) is 9.98. The summed E-state index contributed by atoms with van der Waals surface area (Å²) in [6.45, 7) is 0.165. The number of benzene rings is 3. The second-order valence-electron chi connectivity index (χ2n) is 7.14. The Hall–Kier alpha value is -4.46. The van der Waals surface area contributed by atoms with E-state index in [1.165, 1.54) is 26.4 Å². The Balaban J connectivity index is 1.38. The molecule has 0 unspecified atom stereocenters. The number of ketones is 1. The molecule has 166 valence electrons. The first-order valence-electron chi connectivity index (χ1n) is 9.98. The quantitative estimate of drug-likeness (QED) is 0.326. The molecule has 0 saturated carbocycles. The molecule has 0 atom stereocenters. The van der Waals surface area contributed by atoms with Gasteiger partial charge in [0.25, 0.3) is 0 Å². The number of carbonyl (C=O) groups excluding carboxylic acids is 2. The van der Waals surface area contributed by atoms with E-state index in [0.717, 1.165) is 5.56 Å². The predicted octanol–water partition coefficient (Wildman–Crippen LogP) is 4.27. The van der Waals surface area contributed by atoms with Crippen molar-refractivity contribution in [3.8, 4) is 34.5 Å². The van der Waals surface area contributed by atoms with Gasteiger partial charge in [0.15, 0.2) is 17.3 Å². The summed E-state index contributed by atoms with van der Waals surface area (Å²) in [6, 6.07) is 14.9. The highest BCUT2D eigenvalue weighted by atomic mass is 16.7. The van der Waals surface area contributed by atoms with E-state index >= 15 is 0 Å². The van der Waals surface area contributed by atoms with Crippen LogP contribution in [-0.4, -0.2) is 32.8 Å². The van der Waals surface area contributed by atoms with Gasteiger partial charge in [-0.05, 0) is 48.0 Å². The minimum Gasteiger partial charge on any atom is -0.496 e. The SMILES string of the molecule is COc1cccc(OC)c1C(=O)Oc1ccc2c(c1)O/C(=C\c1ccc3c(c1)OCO3)C2=O. The number of hydrogen-bond donors (Lipinski definition) is 0. The number of allylic oxidation sites excluding steroid dienone is 1. The third-order valence-electron chi connectivity index (χ3n) is 5.18.